The molecule has 0 radical (unpaired) electrons. The van der Waals surface area contributed by atoms with Crippen molar-refractivity contribution in [2.24, 2.45) is 0 Å². The molecule has 1 fully saturated rings. The van der Waals surface area contributed by atoms with Gasteiger partial charge in [0, 0.05) is 42.5 Å². The molecule has 1 saturated heterocycles. The van der Waals surface area contributed by atoms with E-state index in [9.17, 15) is 9.18 Å². The highest BCUT2D eigenvalue weighted by atomic mass is 35.5. The first-order chi connectivity index (χ1) is 19.0. The average molecular weight is 562 g/mol. The van der Waals surface area contributed by atoms with Gasteiger partial charge in [-0.3, -0.25) is 4.57 Å². The molecule has 3 aromatic carbocycles. The number of aromatic nitrogens is 4. The van der Waals surface area contributed by atoms with E-state index in [0.717, 1.165) is 11.3 Å². The van der Waals surface area contributed by atoms with Crippen molar-refractivity contribution >= 4 is 51.9 Å². The van der Waals surface area contributed by atoms with Gasteiger partial charge in [-0.25, -0.2) is 24.1 Å². The molecule has 0 aliphatic carbocycles. The Kier molecular flexibility index (Phi) is 6.76. The first kappa shape index (κ1) is 25.1. The number of halogens is 3. The highest BCUT2D eigenvalue weighted by molar-refractivity contribution is 6.33. The van der Waals surface area contributed by atoms with E-state index < -0.39 is 5.82 Å². The minimum atomic E-state index is -0.474. The summed E-state index contributed by atoms with van der Waals surface area (Å²) in [6, 6.07) is 20.7. The Morgan fingerprint density at radius 1 is 0.872 bits per heavy atom. The molecular weight excluding hydrogens is 540 g/mol. The molecule has 196 valence electrons. The number of anilines is 2. The Morgan fingerprint density at radius 3 is 2.33 bits per heavy atom. The minimum Gasteiger partial charge on any atom is -0.351 e. The fraction of sp³-hybridized carbons (Fsp3) is 0.143. The van der Waals surface area contributed by atoms with Crippen LogP contribution >= 0.6 is 23.2 Å². The Labute approximate surface area is 233 Å². The Balaban J connectivity index is 1.33. The zero-order chi connectivity index (χ0) is 26.9. The van der Waals surface area contributed by atoms with E-state index in [1.54, 1.807) is 17.0 Å². The number of fused-ring (bicyclic) bond motifs is 1. The van der Waals surface area contributed by atoms with Gasteiger partial charge in [0.1, 0.15) is 18.0 Å². The average Bonchev–Trinajstić information content (AvgIpc) is 3.34. The van der Waals surface area contributed by atoms with Gasteiger partial charge in [0.2, 0.25) is 0 Å². The number of benzene rings is 3. The summed E-state index contributed by atoms with van der Waals surface area (Å²) in [6.45, 7) is 1.90. The molecule has 3 heterocycles. The molecule has 5 aromatic rings. The van der Waals surface area contributed by atoms with Crippen molar-refractivity contribution in [3.05, 3.63) is 95.0 Å². The first-order valence-electron chi connectivity index (χ1n) is 12.3. The minimum absolute atomic E-state index is 0.155. The quantitative estimate of drug-likeness (QED) is 0.279. The number of amides is 2. The number of nitrogens with zero attached hydrogens (tertiary/aromatic N) is 6. The largest absolute Gasteiger partial charge is 0.351 e. The molecule has 0 spiro atoms. The van der Waals surface area contributed by atoms with Gasteiger partial charge in [-0.15, -0.1) is 0 Å². The molecule has 8 nitrogen and oxygen atoms in total. The van der Waals surface area contributed by atoms with Crippen LogP contribution in [-0.2, 0) is 0 Å². The normalized spacial score (nSPS) is 13.6. The van der Waals surface area contributed by atoms with Crippen LogP contribution in [0.25, 0.3) is 28.2 Å². The number of carbonyl (C=O) groups is 1. The summed E-state index contributed by atoms with van der Waals surface area (Å²) >= 11 is 12.7. The van der Waals surface area contributed by atoms with Crippen molar-refractivity contribution in [2.45, 2.75) is 0 Å². The van der Waals surface area contributed by atoms with E-state index in [-0.39, 0.29) is 11.7 Å². The summed E-state index contributed by atoms with van der Waals surface area (Å²) in [4.78, 5) is 30.6. The van der Waals surface area contributed by atoms with Gasteiger partial charge in [0.25, 0.3) is 0 Å². The lowest BCUT2D eigenvalue weighted by Crippen LogP contribution is -2.50. The van der Waals surface area contributed by atoms with Crippen molar-refractivity contribution in [1.82, 2.24) is 24.4 Å². The van der Waals surface area contributed by atoms with E-state index >= 15 is 0 Å². The highest BCUT2D eigenvalue weighted by Gasteiger charge is 2.27. The molecule has 0 bridgehead atoms. The second-order valence-electron chi connectivity index (χ2n) is 8.98. The van der Waals surface area contributed by atoms with Crippen LogP contribution in [0.15, 0.2) is 79.1 Å². The number of carbonyl (C=O) groups excluding carboxylic acids is 1. The van der Waals surface area contributed by atoms with Gasteiger partial charge in [0.15, 0.2) is 17.0 Å². The van der Waals surface area contributed by atoms with E-state index in [4.69, 9.17) is 28.2 Å². The molecule has 6 rings (SSSR count). The molecule has 1 aliphatic rings. The molecule has 0 atom stereocenters. The second-order valence-corrected chi connectivity index (χ2v) is 9.82. The van der Waals surface area contributed by atoms with E-state index in [1.165, 1.54) is 18.5 Å². The predicted octanol–water partition coefficient (Wildman–Crippen LogP) is 6.28. The number of nitrogens with one attached hydrogen (secondary N) is 1. The third-order valence-electron chi connectivity index (χ3n) is 6.61. The van der Waals surface area contributed by atoms with Crippen LogP contribution in [-0.4, -0.2) is 56.6 Å². The van der Waals surface area contributed by atoms with E-state index in [1.807, 2.05) is 53.1 Å². The van der Waals surface area contributed by atoms with Crippen LogP contribution in [0.1, 0.15) is 0 Å². The maximum atomic E-state index is 14.0. The zero-order valence-corrected chi connectivity index (χ0v) is 22.1. The molecule has 2 aromatic heterocycles. The number of para-hydroxylation sites is 1. The molecule has 0 saturated carbocycles. The third kappa shape index (κ3) is 4.86. The molecule has 2 amide bonds. The lowest BCUT2D eigenvalue weighted by atomic mass is 10.2. The summed E-state index contributed by atoms with van der Waals surface area (Å²) in [5.41, 5.74) is 2.98. The Hall–Kier alpha value is -4.21. The number of hydrogen-bond acceptors (Lipinski definition) is 5. The SMILES string of the molecule is O=C(Nc1ccccc1F)N1CCN(c2ncnc3c2nc(-c2ccccc2Cl)n3-c2ccc(Cl)cc2)CC1. The summed E-state index contributed by atoms with van der Waals surface area (Å²) in [5, 5.41) is 3.83. The molecule has 1 aliphatic heterocycles. The van der Waals surface area contributed by atoms with Crippen LogP contribution in [0.4, 0.5) is 20.7 Å². The lowest BCUT2D eigenvalue weighted by Gasteiger charge is -2.35. The van der Waals surface area contributed by atoms with Gasteiger partial charge in [0.05, 0.1) is 10.7 Å². The topological polar surface area (TPSA) is 79.2 Å². The second kappa shape index (κ2) is 10.5. The van der Waals surface area contributed by atoms with Crippen LogP contribution in [0.5, 0.6) is 0 Å². The Bertz CT molecular complexity index is 1670. The maximum absolute atomic E-state index is 14.0. The number of imidazole rings is 1. The van der Waals surface area contributed by atoms with Gasteiger partial charge < -0.3 is 15.1 Å². The van der Waals surface area contributed by atoms with Crippen molar-refractivity contribution in [3.8, 4) is 17.1 Å². The fourth-order valence-electron chi connectivity index (χ4n) is 4.65. The Morgan fingerprint density at radius 2 is 1.59 bits per heavy atom. The molecule has 39 heavy (non-hydrogen) atoms. The van der Waals surface area contributed by atoms with Crippen LogP contribution < -0.4 is 10.2 Å². The monoisotopic (exact) mass is 561 g/mol. The lowest BCUT2D eigenvalue weighted by molar-refractivity contribution is 0.208. The fourth-order valence-corrected chi connectivity index (χ4v) is 4.99. The molecule has 11 heteroatoms. The van der Waals surface area contributed by atoms with Crippen LogP contribution in [0.2, 0.25) is 10.0 Å². The van der Waals surface area contributed by atoms with Gasteiger partial charge in [-0.2, -0.15) is 0 Å². The van der Waals surface area contributed by atoms with Crippen molar-refractivity contribution in [3.63, 3.8) is 0 Å². The number of hydrogen-bond donors (Lipinski definition) is 1. The van der Waals surface area contributed by atoms with Gasteiger partial charge >= 0.3 is 6.03 Å². The van der Waals surface area contributed by atoms with Crippen LogP contribution in [0, 0.1) is 5.82 Å². The number of urea groups is 1. The number of rotatable bonds is 4. The molecular formula is C28H22Cl2FN7O. The molecule has 0 unspecified atom stereocenters. The van der Waals surface area contributed by atoms with Crippen molar-refractivity contribution < 1.29 is 9.18 Å². The van der Waals surface area contributed by atoms with Gasteiger partial charge in [-0.1, -0.05) is 47.5 Å². The summed E-state index contributed by atoms with van der Waals surface area (Å²) in [5.74, 6) is 0.816. The molecule has 1 N–H and O–H groups in total. The van der Waals surface area contributed by atoms with Crippen LogP contribution in [0.3, 0.4) is 0 Å². The summed E-state index contributed by atoms with van der Waals surface area (Å²) in [7, 11) is 0. The highest BCUT2D eigenvalue weighted by Crippen LogP contribution is 2.35. The van der Waals surface area contributed by atoms with Gasteiger partial charge in [-0.05, 0) is 48.5 Å². The van der Waals surface area contributed by atoms with E-state index in [2.05, 4.69) is 20.2 Å². The smallest absolute Gasteiger partial charge is 0.322 e. The standard InChI is InChI=1S/C28H22Cl2FN7O/c29-18-9-11-19(12-10-18)38-25(20-5-1-2-6-21(20)30)35-24-26(32-17-33-27(24)38)36-13-15-37(16-14-36)28(39)34-23-8-4-3-7-22(23)31/h1-12,17H,13-16H2,(H,34,39). The number of piperazine rings is 1. The third-order valence-corrected chi connectivity index (χ3v) is 7.19. The zero-order valence-electron chi connectivity index (χ0n) is 20.6. The summed E-state index contributed by atoms with van der Waals surface area (Å²) in [6.07, 6.45) is 1.51. The van der Waals surface area contributed by atoms with E-state index in [0.29, 0.717) is 59.0 Å². The summed E-state index contributed by atoms with van der Waals surface area (Å²) < 4.78 is 15.9. The van der Waals surface area contributed by atoms with Crippen molar-refractivity contribution in [2.75, 3.05) is 36.4 Å². The first-order valence-corrected chi connectivity index (χ1v) is 13.0. The predicted molar refractivity (Wildman–Crippen MR) is 151 cm³/mol. The van der Waals surface area contributed by atoms with Crippen molar-refractivity contribution in [1.29, 1.82) is 0 Å². The maximum Gasteiger partial charge on any atom is 0.322 e.